The highest BCUT2D eigenvalue weighted by atomic mass is 16.4. The van der Waals surface area contributed by atoms with Gasteiger partial charge < -0.3 is 10.4 Å². The quantitative estimate of drug-likeness (QED) is 0.812. The van der Waals surface area contributed by atoms with Gasteiger partial charge in [0.05, 0.1) is 0 Å². The molecule has 1 heterocycles. The summed E-state index contributed by atoms with van der Waals surface area (Å²) in [6, 6.07) is 5.10. The van der Waals surface area contributed by atoms with Crippen LogP contribution in [0.5, 0.6) is 0 Å². The summed E-state index contributed by atoms with van der Waals surface area (Å²) < 4.78 is 0. The first-order valence-corrected chi connectivity index (χ1v) is 5.39. The monoisotopic (exact) mass is 233 g/mol. The number of pyridine rings is 1. The van der Waals surface area contributed by atoms with Crippen LogP contribution >= 0.6 is 0 Å². The van der Waals surface area contributed by atoms with Gasteiger partial charge in [0.15, 0.2) is 0 Å². The Kier molecular flexibility index (Phi) is 4.05. The third-order valence-electron chi connectivity index (χ3n) is 2.52. The Morgan fingerprint density at radius 2 is 2.41 bits per heavy atom. The number of carbonyl (C=O) groups is 1. The highest BCUT2D eigenvalue weighted by molar-refractivity contribution is 5.82. The minimum atomic E-state index is -1.02. The zero-order valence-corrected chi connectivity index (χ0v) is 9.90. The number of hydrogen-bond acceptors (Lipinski definition) is 4. The van der Waals surface area contributed by atoms with E-state index in [1.165, 1.54) is 12.3 Å². The lowest BCUT2D eigenvalue weighted by molar-refractivity contribution is -0.141. The third kappa shape index (κ3) is 3.18. The van der Waals surface area contributed by atoms with Crippen LogP contribution in [0, 0.1) is 11.3 Å². The fraction of sp³-hybridized carbons (Fsp3) is 0.417. The molecule has 5 heteroatoms. The van der Waals surface area contributed by atoms with E-state index in [-0.39, 0.29) is 5.69 Å². The van der Waals surface area contributed by atoms with E-state index in [9.17, 15) is 9.90 Å². The molecule has 0 spiro atoms. The van der Waals surface area contributed by atoms with Gasteiger partial charge in [-0.05, 0) is 25.5 Å². The molecule has 0 saturated heterocycles. The second-order valence-corrected chi connectivity index (χ2v) is 4.05. The Morgan fingerprint density at radius 1 is 1.71 bits per heavy atom. The lowest BCUT2D eigenvalue weighted by Crippen LogP contribution is -2.43. The summed E-state index contributed by atoms with van der Waals surface area (Å²) >= 11 is 0. The SMILES string of the molecule is CCCC(C)(Nc1ccnc(C#N)c1)C(=O)O. The van der Waals surface area contributed by atoms with Crippen molar-refractivity contribution in [3.63, 3.8) is 0 Å². The zero-order chi connectivity index (χ0) is 12.9. The molecule has 1 unspecified atom stereocenters. The maximum atomic E-state index is 11.2. The largest absolute Gasteiger partial charge is 0.480 e. The van der Waals surface area contributed by atoms with Crippen molar-refractivity contribution in [2.24, 2.45) is 0 Å². The van der Waals surface area contributed by atoms with E-state index < -0.39 is 11.5 Å². The zero-order valence-electron chi connectivity index (χ0n) is 9.90. The molecule has 5 nitrogen and oxygen atoms in total. The molecule has 0 bridgehead atoms. The van der Waals surface area contributed by atoms with Crippen molar-refractivity contribution >= 4 is 11.7 Å². The molecular weight excluding hydrogens is 218 g/mol. The van der Waals surface area contributed by atoms with Gasteiger partial charge >= 0.3 is 5.97 Å². The number of nitrogens with one attached hydrogen (secondary N) is 1. The third-order valence-corrected chi connectivity index (χ3v) is 2.52. The van der Waals surface area contributed by atoms with E-state index in [1.807, 2.05) is 13.0 Å². The van der Waals surface area contributed by atoms with Gasteiger partial charge in [-0.1, -0.05) is 13.3 Å². The number of nitrogens with zero attached hydrogens (tertiary/aromatic N) is 2. The maximum Gasteiger partial charge on any atom is 0.329 e. The smallest absolute Gasteiger partial charge is 0.329 e. The van der Waals surface area contributed by atoms with Crippen molar-refractivity contribution in [2.75, 3.05) is 5.32 Å². The lowest BCUT2D eigenvalue weighted by atomic mass is 9.96. The van der Waals surface area contributed by atoms with Crippen LogP contribution in [-0.2, 0) is 4.79 Å². The van der Waals surface area contributed by atoms with Crippen molar-refractivity contribution in [3.8, 4) is 6.07 Å². The molecule has 0 amide bonds. The Balaban J connectivity index is 2.94. The molecule has 2 N–H and O–H groups in total. The predicted octanol–water partition coefficient (Wildman–Crippen LogP) is 2.01. The molecule has 0 aromatic carbocycles. The molecule has 0 aliphatic rings. The first-order chi connectivity index (χ1) is 8.01. The van der Waals surface area contributed by atoms with E-state index in [2.05, 4.69) is 10.3 Å². The van der Waals surface area contributed by atoms with Gasteiger partial charge in [0.1, 0.15) is 17.3 Å². The molecule has 17 heavy (non-hydrogen) atoms. The number of aromatic nitrogens is 1. The van der Waals surface area contributed by atoms with Crippen LogP contribution < -0.4 is 5.32 Å². The van der Waals surface area contributed by atoms with Crippen LogP contribution in [0.2, 0.25) is 0 Å². The van der Waals surface area contributed by atoms with Crippen LogP contribution in [0.25, 0.3) is 0 Å². The number of aliphatic carboxylic acids is 1. The average Bonchev–Trinajstić information content (AvgIpc) is 2.29. The molecule has 0 aliphatic carbocycles. The average molecular weight is 233 g/mol. The minimum Gasteiger partial charge on any atom is -0.480 e. The normalized spacial score (nSPS) is 13.5. The molecule has 0 aliphatic heterocycles. The van der Waals surface area contributed by atoms with Gasteiger partial charge in [-0.2, -0.15) is 5.26 Å². The number of carboxylic acid groups (broad SMARTS) is 1. The van der Waals surface area contributed by atoms with Crippen LogP contribution in [0.4, 0.5) is 5.69 Å². The molecule has 1 rings (SSSR count). The summed E-state index contributed by atoms with van der Waals surface area (Å²) in [4.78, 5) is 15.1. The number of hydrogen-bond donors (Lipinski definition) is 2. The highest BCUT2D eigenvalue weighted by Crippen LogP contribution is 2.20. The topological polar surface area (TPSA) is 86.0 Å². The van der Waals surface area contributed by atoms with E-state index in [4.69, 9.17) is 5.26 Å². The van der Waals surface area contributed by atoms with Gasteiger partial charge in [-0.15, -0.1) is 0 Å². The van der Waals surface area contributed by atoms with Gasteiger partial charge in [0, 0.05) is 11.9 Å². The Morgan fingerprint density at radius 3 is 2.94 bits per heavy atom. The van der Waals surface area contributed by atoms with E-state index in [0.717, 1.165) is 6.42 Å². The fourth-order valence-electron chi connectivity index (χ4n) is 1.61. The van der Waals surface area contributed by atoms with Gasteiger partial charge in [-0.25, -0.2) is 9.78 Å². The second kappa shape index (κ2) is 5.30. The summed E-state index contributed by atoms with van der Waals surface area (Å²) in [5, 5.41) is 20.9. The van der Waals surface area contributed by atoms with Crippen molar-refractivity contribution in [2.45, 2.75) is 32.2 Å². The van der Waals surface area contributed by atoms with Gasteiger partial charge in [-0.3, -0.25) is 0 Å². The molecule has 1 aromatic rings. The van der Waals surface area contributed by atoms with Crippen LogP contribution in [0.3, 0.4) is 0 Å². The van der Waals surface area contributed by atoms with Gasteiger partial charge in [0.25, 0.3) is 0 Å². The molecule has 1 aromatic heterocycles. The summed E-state index contributed by atoms with van der Waals surface area (Å²) in [5.74, 6) is -0.908. The van der Waals surface area contributed by atoms with Crippen molar-refractivity contribution in [1.82, 2.24) is 4.98 Å². The van der Waals surface area contributed by atoms with Crippen molar-refractivity contribution in [3.05, 3.63) is 24.0 Å². The predicted molar refractivity (Wildman–Crippen MR) is 63.5 cm³/mol. The van der Waals surface area contributed by atoms with E-state index in [0.29, 0.717) is 12.1 Å². The van der Waals surface area contributed by atoms with Gasteiger partial charge in [0.2, 0.25) is 0 Å². The van der Waals surface area contributed by atoms with E-state index in [1.54, 1.807) is 13.0 Å². The molecule has 0 radical (unpaired) electrons. The van der Waals surface area contributed by atoms with Crippen LogP contribution in [0.15, 0.2) is 18.3 Å². The number of nitriles is 1. The minimum absolute atomic E-state index is 0.263. The van der Waals surface area contributed by atoms with Crippen molar-refractivity contribution < 1.29 is 9.90 Å². The summed E-state index contributed by atoms with van der Waals surface area (Å²) in [7, 11) is 0. The fourth-order valence-corrected chi connectivity index (χ4v) is 1.61. The second-order valence-electron chi connectivity index (χ2n) is 4.05. The van der Waals surface area contributed by atoms with Crippen molar-refractivity contribution in [1.29, 1.82) is 5.26 Å². The first-order valence-electron chi connectivity index (χ1n) is 5.39. The molecule has 90 valence electrons. The molecule has 0 fully saturated rings. The Bertz CT molecular complexity index is 453. The molecular formula is C12H15N3O2. The maximum absolute atomic E-state index is 11.2. The summed E-state index contributed by atoms with van der Waals surface area (Å²) in [6.07, 6.45) is 2.74. The lowest BCUT2D eigenvalue weighted by Gasteiger charge is -2.26. The number of rotatable bonds is 5. The number of carboxylic acids is 1. The first kappa shape index (κ1) is 13.0. The molecule has 0 saturated carbocycles. The van der Waals surface area contributed by atoms with Crippen LogP contribution in [-0.4, -0.2) is 21.6 Å². The standard InChI is InChI=1S/C12H15N3O2/c1-3-5-12(2,11(16)17)15-9-4-6-14-10(7-9)8-13/h4,6-7H,3,5H2,1-2H3,(H,14,15)(H,16,17). The Hall–Kier alpha value is -2.09. The van der Waals surface area contributed by atoms with Crippen LogP contribution in [0.1, 0.15) is 32.4 Å². The summed E-state index contributed by atoms with van der Waals surface area (Å²) in [5.41, 5.74) is -0.169. The Labute approximate surface area is 100 Å². The van der Waals surface area contributed by atoms with E-state index >= 15 is 0 Å². The molecule has 1 atom stereocenters. The highest BCUT2D eigenvalue weighted by Gasteiger charge is 2.31. The number of anilines is 1. The summed E-state index contributed by atoms with van der Waals surface area (Å²) in [6.45, 7) is 3.56.